The molecule has 0 bridgehead atoms. The van der Waals surface area contributed by atoms with Crippen LogP contribution in [0.3, 0.4) is 0 Å². The van der Waals surface area contributed by atoms with E-state index in [9.17, 15) is 9.59 Å². The maximum Gasteiger partial charge on any atom is 0.407 e. The van der Waals surface area contributed by atoms with Gasteiger partial charge in [0.1, 0.15) is 10.4 Å². The van der Waals surface area contributed by atoms with Crippen LogP contribution in [-0.2, 0) is 11.8 Å². The summed E-state index contributed by atoms with van der Waals surface area (Å²) in [5.41, 5.74) is -0.267. The van der Waals surface area contributed by atoms with Crippen molar-refractivity contribution in [1.29, 1.82) is 0 Å². The van der Waals surface area contributed by atoms with Crippen LogP contribution in [0.5, 0.6) is 0 Å². The van der Waals surface area contributed by atoms with Gasteiger partial charge in [0, 0.05) is 19.0 Å². The van der Waals surface area contributed by atoms with Crippen molar-refractivity contribution in [3.8, 4) is 0 Å². The zero-order valence-electron chi connectivity index (χ0n) is 15.8. The maximum atomic E-state index is 12.5. The Hall–Kier alpha value is -2.09. The molecular formula is C17H26N4O3S. The molecule has 2 amide bonds. The Kier molecular flexibility index (Phi) is 5.13. The summed E-state index contributed by atoms with van der Waals surface area (Å²) in [4.78, 5) is 25.9. The first-order valence-corrected chi connectivity index (χ1v) is 8.92. The van der Waals surface area contributed by atoms with Crippen LogP contribution in [0.4, 0.5) is 4.79 Å². The Bertz CT molecular complexity index is 764. The summed E-state index contributed by atoms with van der Waals surface area (Å²) in [6.45, 7) is 11.3. The van der Waals surface area contributed by atoms with E-state index < -0.39 is 17.2 Å². The van der Waals surface area contributed by atoms with Crippen molar-refractivity contribution in [3.63, 3.8) is 0 Å². The van der Waals surface area contributed by atoms with Gasteiger partial charge < -0.3 is 15.4 Å². The maximum absolute atomic E-state index is 12.5. The lowest BCUT2D eigenvalue weighted by Gasteiger charge is -2.27. The summed E-state index contributed by atoms with van der Waals surface area (Å²) in [5.74, 6) is -0.170. The van der Waals surface area contributed by atoms with Gasteiger partial charge in [-0.3, -0.25) is 9.48 Å². The molecule has 0 aliphatic rings. The molecule has 2 aromatic heterocycles. The highest BCUT2D eigenvalue weighted by molar-refractivity contribution is 7.20. The third-order valence-electron chi connectivity index (χ3n) is 3.45. The Morgan fingerprint density at radius 1 is 1.28 bits per heavy atom. The van der Waals surface area contributed by atoms with Gasteiger partial charge in [0.25, 0.3) is 5.91 Å². The lowest BCUT2D eigenvalue weighted by atomic mass is 10.1. The van der Waals surface area contributed by atoms with Crippen LogP contribution in [0.25, 0.3) is 10.2 Å². The van der Waals surface area contributed by atoms with Gasteiger partial charge in [-0.2, -0.15) is 5.10 Å². The number of rotatable bonds is 4. The van der Waals surface area contributed by atoms with Crippen molar-refractivity contribution in [3.05, 3.63) is 16.6 Å². The Morgan fingerprint density at radius 2 is 1.92 bits per heavy atom. The zero-order valence-corrected chi connectivity index (χ0v) is 16.6. The highest BCUT2D eigenvalue weighted by Crippen LogP contribution is 2.27. The minimum atomic E-state index is -0.614. The molecule has 2 N–H and O–H groups in total. The SMILES string of the molecule is Cc1nn(C)c2sc(C(=O)NC(C)(C)CNC(=O)OC(C)(C)C)cc12. The Morgan fingerprint density at radius 3 is 2.48 bits per heavy atom. The van der Waals surface area contributed by atoms with Crippen LogP contribution in [0.2, 0.25) is 0 Å². The van der Waals surface area contributed by atoms with Crippen molar-refractivity contribution >= 4 is 33.6 Å². The molecule has 2 aromatic rings. The van der Waals surface area contributed by atoms with Crippen molar-refractivity contribution < 1.29 is 14.3 Å². The van der Waals surface area contributed by atoms with Crippen LogP contribution in [0, 0.1) is 6.92 Å². The highest BCUT2D eigenvalue weighted by Gasteiger charge is 2.25. The van der Waals surface area contributed by atoms with Gasteiger partial charge in [0.05, 0.1) is 16.1 Å². The molecule has 0 radical (unpaired) electrons. The molecule has 0 atom stereocenters. The molecule has 0 aromatic carbocycles. The summed E-state index contributed by atoms with van der Waals surface area (Å²) < 4.78 is 6.99. The first-order valence-electron chi connectivity index (χ1n) is 8.10. The molecule has 0 saturated heterocycles. The van der Waals surface area contributed by atoms with E-state index in [1.165, 1.54) is 11.3 Å². The quantitative estimate of drug-likeness (QED) is 0.871. The second kappa shape index (κ2) is 6.67. The lowest BCUT2D eigenvalue weighted by Crippen LogP contribution is -2.51. The molecule has 138 valence electrons. The lowest BCUT2D eigenvalue weighted by molar-refractivity contribution is 0.0510. The zero-order chi connectivity index (χ0) is 19.0. The van der Waals surface area contributed by atoms with Gasteiger partial charge in [0.15, 0.2) is 0 Å². The van der Waals surface area contributed by atoms with Gasteiger partial charge in [-0.15, -0.1) is 11.3 Å². The van der Waals surface area contributed by atoms with E-state index in [0.717, 1.165) is 15.9 Å². The normalized spacial score (nSPS) is 12.3. The monoisotopic (exact) mass is 366 g/mol. The second-order valence-electron chi connectivity index (χ2n) is 7.73. The van der Waals surface area contributed by atoms with Gasteiger partial charge >= 0.3 is 6.09 Å². The van der Waals surface area contributed by atoms with Crippen LogP contribution >= 0.6 is 11.3 Å². The molecule has 0 saturated carbocycles. The fourth-order valence-electron chi connectivity index (χ4n) is 2.34. The van der Waals surface area contributed by atoms with Crippen molar-refractivity contribution in [1.82, 2.24) is 20.4 Å². The summed E-state index contributed by atoms with van der Waals surface area (Å²) in [7, 11) is 1.86. The molecule has 7 nitrogen and oxygen atoms in total. The number of aromatic nitrogens is 2. The fourth-order valence-corrected chi connectivity index (χ4v) is 3.36. The third-order valence-corrected chi connectivity index (χ3v) is 4.65. The molecule has 0 fully saturated rings. The van der Waals surface area contributed by atoms with Crippen molar-refractivity contribution in [2.24, 2.45) is 7.05 Å². The van der Waals surface area contributed by atoms with Crippen LogP contribution in [0.1, 0.15) is 50.0 Å². The van der Waals surface area contributed by atoms with Crippen molar-refractivity contribution in [2.45, 2.75) is 52.7 Å². The molecule has 0 spiro atoms. The number of nitrogens with one attached hydrogen (secondary N) is 2. The average Bonchev–Trinajstić information content (AvgIpc) is 2.97. The van der Waals surface area contributed by atoms with E-state index >= 15 is 0 Å². The highest BCUT2D eigenvalue weighted by atomic mass is 32.1. The Balaban J connectivity index is 1.99. The average molecular weight is 366 g/mol. The minimum Gasteiger partial charge on any atom is -0.444 e. The van der Waals surface area contributed by atoms with E-state index in [1.54, 1.807) is 25.5 Å². The second-order valence-corrected chi connectivity index (χ2v) is 8.76. The first kappa shape index (κ1) is 19.2. The van der Waals surface area contributed by atoms with Gasteiger partial charge in [-0.25, -0.2) is 4.79 Å². The van der Waals surface area contributed by atoms with E-state index in [2.05, 4.69) is 15.7 Å². The molecule has 0 aliphatic carbocycles. The van der Waals surface area contributed by atoms with Gasteiger partial charge in [0.2, 0.25) is 0 Å². The van der Waals surface area contributed by atoms with E-state index in [4.69, 9.17) is 4.74 Å². The fraction of sp³-hybridized carbons (Fsp3) is 0.588. The number of aryl methyl sites for hydroxylation is 2. The van der Waals surface area contributed by atoms with E-state index in [0.29, 0.717) is 4.88 Å². The number of hydrogen-bond donors (Lipinski definition) is 2. The van der Waals surface area contributed by atoms with Gasteiger partial charge in [-0.05, 0) is 47.6 Å². The summed E-state index contributed by atoms with van der Waals surface area (Å²) >= 11 is 1.40. The number of alkyl carbamates (subject to hydrolysis) is 1. The molecular weight excluding hydrogens is 340 g/mol. The minimum absolute atomic E-state index is 0.170. The number of nitrogens with zero attached hydrogens (tertiary/aromatic N) is 2. The number of carbonyl (C=O) groups is 2. The predicted octanol–water partition coefficient (Wildman–Crippen LogP) is 2.98. The molecule has 0 unspecified atom stereocenters. The number of carbonyl (C=O) groups excluding carboxylic acids is 2. The standard InChI is InChI=1S/C17H26N4O3S/c1-10-11-8-12(25-14(11)21(7)20-10)13(22)19-17(5,6)9-18-15(23)24-16(2,3)4/h8H,9H2,1-7H3,(H,18,23)(H,19,22). The summed E-state index contributed by atoms with van der Waals surface area (Å²) in [6, 6.07) is 1.86. The van der Waals surface area contributed by atoms with Crippen LogP contribution in [0.15, 0.2) is 6.07 Å². The van der Waals surface area contributed by atoms with Gasteiger partial charge in [-0.1, -0.05) is 0 Å². The Labute approximate surface area is 151 Å². The van der Waals surface area contributed by atoms with E-state index in [-0.39, 0.29) is 12.5 Å². The predicted molar refractivity (Wildman–Crippen MR) is 99.1 cm³/mol. The molecule has 2 rings (SSSR count). The molecule has 2 heterocycles. The number of fused-ring (bicyclic) bond motifs is 1. The largest absolute Gasteiger partial charge is 0.444 e. The summed E-state index contributed by atoms with van der Waals surface area (Å²) in [5, 5.41) is 11.0. The van der Waals surface area contributed by atoms with Crippen LogP contribution < -0.4 is 10.6 Å². The topological polar surface area (TPSA) is 85.3 Å². The first-order chi connectivity index (χ1) is 11.4. The number of amides is 2. The molecule has 8 heteroatoms. The number of thiophene rings is 1. The van der Waals surface area contributed by atoms with Crippen molar-refractivity contribution in [2.75, 3.05) is 6.54 Å². The number of hydrogen-bond acceptors (Lipinski definition) is 5. The van der Waals surface area contributed by atoms with Crippen LogP contribution in [-0.4, -0.2) is 39.5 Å². The molecule has 0 aliphatic heterocycles. The number of ether oxygens (including phenoxy) is 1. The smallest absolute Gasteiger partial charge is 0.407 e. The molecule has 25 heavy (non-hydrogen) atoms. The third kappa shape index (κ3) is 4.94. The van der Waals surface area contributed by atoms with E-state index in [1.807, 2.05) is 33.9 Å². The summed E-state index contributed by atoms with van der Waals surface area (Å²) in [6.07, 6.45) is -0.501.